The van der Waals surface area contributed by atoms with Crippen molar-refractivity contribution in [3.8, 4) is 10.6 Å². The Bertz CT molecular complexity index is 1370. The zero-order valence-corrected chi connectivity index (χ0v) is 18.0. The molecule has 0 atom stereocenters. The van der Waals surface area contributed by atoms with Crippen LogP contribution in [0.2, 0.25) is 0 Å². The molecule has 150 valence electrons. The van der Waals surface area contributed by atoms with E-state index in [1.807, 2.05) is 60.4 Å². The van der Waals surface area contributed by atoms with Gasteiger partial charge in [-0.2, -0.15) is 0 Å². The molecule has 5 aromatic rings. The van der Waals surface area contributed by atoms with Crippen LogP contribution in [0.4, 0.5) is 5.82 Å². The number of anilines is 1. The average Bonchev–Trinajstić information content (AvgIpc) is 3.51. The second-order valence-electron chi connectivity index (χ2n) is 6.78. The van der Waals surface area contributed by atoms with Gasteiger partial charge in [0.05, 0.1) is 12.9 Å². The van der Waals surface area contributed by atoms with Crippen LogP contribution in [0.5, 0.6) is 0 Å². The highest BCUT2D eigenvalue weighted by Crippen LogP contribution is 2.35. The van der Waals surface area contributed by atoms with E-state index in [0.29, 0.717) is 12.1 Å². The molecule has 4 aromatic heterocycles. The highest BCUT2D eigenvalue weighted by molar-refractivity contribution is 7.21. The fourth-order valence-electron chi connectivity index (χ4n) is 3.35. The highest BCUT2D eigenvalue weighted by Gasteiger charge is 2.17. The molecular formula is C21H18N6OS2. The lowest BCUT2D eigenvalue weighted by Crippen LogP contribution is -2.22. The van der Waals surface area contributed by atoms with Crippen molar-refractivity contribution in [2.45, 2.75) is 6.54 Å². The second-order valence-corrected chi connectivity index (χ2v) is 8.79. The summed E-state index contributed by atoms with van der Waals surface area (Å²) in [6.45, 7) is 0.525. The molecule has 0 aliphatic rings. The lowest BCUT2D eigenvalue weighted by molar-refractivity contribution is 0.0951. The van der Waals surface area contributed by atoms with Crippen molar-refractivity contribution >= 4 is 55.8 Å². The summed E-state index contributed by atoms with van der Waals surface area (Å²) in [4.78, 5) is 28.5. The number of carbonyl (C=O) groups excluding carboxylic acids is 1. The minimum Gasteiger partial charge on any atom is -0.371 e. The number of amides is 1. The Morgan fingerprint density at radius 1 is 1.17 bits per heavy atom. The van der Waals surface area contributed by atoms with Gasteiger partial charge >= 0.3 is 0 Å². The third kappa shape index (κ3) is 3.21. The number of nitrogens with zero attached hydrogens (tertiary/aromatic N) is 4. The number of carbonyl (C=O) groups is 1. The number of hydrogen-bond acceptors (Lipinski definition) is 7. The van der Waals surface area contributed by atoms with Gasteiger partial charge in [0.2, 0.25) is 0 Å². The minimum absolute atomic E-state index is 0.101. The summed E-state index contributed by atoms with van der Waals surface area (Å²) >= 11 is 3.13. The van der Waals surface area contributed by atoms with Crippen molar-refractivity contribution in [1.82, 2.24) is 24.8 Å². The van der Waals surface area contributed by atoms with Gasteiger partial charge in [-0.1, -0.05) is 29.5 Å². The van der Waals surface area contributed by atoms with E-state index in [1.165, 1.54) is 11.3 Å². The summed E-state index contributed by atoms with van der Waals surface area (Å²) in [5, 5.41) is 8.91. The van der Waals surface area contributed by atoms with Gasteiger partial charge in [-0.15, -0.1) is 11.3 Å². The molecule has 0 bridgehead atoms. The molecule has 2 N–H and O–H groups in total. The molecule has 0 saturated heterocycles. The number of aryl methyl sites for hydroxylation is 1. The minimum atomic E-state index is -0.101. The number of imidazole rings is 1. The summed E-state index contributed by atoms with van der Waals surface area (Å²) in [7, 11) is 3.79. The maximum atomic E-state index is 12.6. The Morgan fingerprint density at radius 2 is 2.07 bits per heavy atom. The quantitative estimate of drug-likeness (QED) is 0.431. The topological polar surface area (TPSA) is 84.7 Å². The Balaban J connectivity index is 1.51. The largest absolute Gasteiger partial charge is 0.371 e. The summed E-state index contributed by atoms with van der Waals surface area (Å²) in [6.07, 6.45) is 1.77. The summed E-state index contributed by atoms with van der Waals surface area (Å²) in [6, 6.07) is 11.5. The van der Waals surface area contributed by atoms with E-state index in [0.717, 1.165) is 42.6 Å². The molecule has 0 aliphatic heterocycles. The number of hydrogen-bond donors (Lipinski definition) is 2. The van der Waals surface area contributed by atoms with Crippen LogP contribution in [0.25, 0.3) is 32.0 Å². The smallest absolute Gasteiger partial charge is 0.251 e. The molecule has 5 rings (SSSR count). The maximum Gasteiger partial charge on any atom is 0.251 e. The predicted octanol–water partition coefficient (Wildman–Crippen LogP) is 4.28. The van der Waals surface area contributed by atoms with Crippen LogP contribution in [0, 0.1) is 0 Å². The van der Waals surface area contributed by atoms with Crippen molar-refractivity contribution in [3.63, 3.8) is 0 Å². The standard InChI is InChI=1S/C21H18N6OS2/c1-22-18-15-17(27(2)11-24-15)16-21(26-18)30-20(25-16)13-6-3-5-12(9-13)19(28)23-10-14-7-4-8-29-14/h3-9,11H,10H2,1-2H3,(H,22,26)(H,23,28). The number of fused-ring (bicyclic) bond motifs is 3. The van der Waals surface area contributed by atoms with E-state index < -0.39 is 0 Å². The molecule has 0 radical (unpaired) electrons. The van der Waals surface area contributed by atoms with E-state index in [2.05, 4.69) is 20.6 Å². The van der Waals surface area contributed by atoms with Gasteiger partial charge < -0.3 is 15.2 Å². The first-order valence-electron chi connectivity index (χ1n) is 9.34. The van der Waals surface area contributed by atoms with Crippen molar-refractivity contribution in [2.24, 2.45) is 7.05 Å². The first-order valence-corrected chi connectivity index (χ1v) is 11.0. The van der Waals surface area contributed by atoms with Crippen LogP contribution in [0.1, 0.15) is 15.2 Å². The number of aromatic nitrogens is 4. The van der Waals surface area contributed by atoms with Gasteiger partial charge in [-0.25, -0.2) is 15.0 Å². The van der Waals surface area contributed by atoms with Gasteiger partial charge in [-0.3, -0.25) is 4.79 Å². The van der Waals surface area contributed by atoms with E-state index in [-0.39, 0.29) is 5.91 Å². The Kier molecular flexibility index (Phi) is 4.68. The van der Waals surface area contributed by atoms with Gasteiger partial charge in [-0.05, 0) is 23.6 Å². The van der Waals surface area contributed by atoms with Gasteiger partial charge in [0.1, 0.15) is 26.4 Å². The monoisotopic (exact) mass is 434 g/mol. The number of pyridine rings is 1. The van der Waals surface area contributed by atoms with Gasteiger partial charge in [0.25, 0.3) is 5.91 Å². The molecule has 1 aromatic carbocycles. The lowest BCUT2D eigenvalue weighted by Gasteiger charge is -2.05. The molecule has 9 heteroatoms. The number of nitrogens with one attached hydrogen (secondary N) is 2. The van der Waals surface area contributed by atoms with Gasteiger partial charge in [0, 0.05) is 30.1 Å². The van der Waals surface area contributed by atoms with Gasteiger partial charge in [0.15, 0.2) is 5.82 Å². The fourth-order valence-corrected chi connectivity index (χ4v) is 4.94. The van der Waals surface area contributed by atoms with Crippen molar-refractivity contribution in [3.05, 3.63) is 58.5 Å². The molecule has 4 heterocycles. The molecule has 0 unspecified atom stereocenters. The number of thiophene rings is 1. The first-order chi connectivity index (χ1) is 14.6. The van der Waals surface area contributed by atoms with Crippen LogP contribution in [-0.2, 0) is 13.6 Å². The molecule has 0 aliphatic carbocycles. The fraction of sp³-hybridized carbons (Fsp3) is 0.143. The number of thiazole rings is 1. The average molecular weight is 435 g/mol. The first kappa shape index (κ1) is 18.7. The molecular weight excluding hydrogens is 416 g/mol. The molecule has 7 nitrogen and oxygen atoms in total. The van der Waals surface area contributed by atoms with Crippen LogP contribution in [0.15, 0.2) is 48.1 Å². The lowest BCUT2D eigenvalue weighted by atomic mass is 10.1. The Hall–Kier alpha value is -3.30. The van der Waals surface area contributed by atoms with Crippen molar-refractivity contribution in [2.75, 3.05) is 12.4 Å². The van der Waals surface area contributed by atoms with Crippen LogP contribution < -0.4 is 10.6 Å². The molecule has 1 amide bonds. The zero-order chi connectivity index (χ0) is 20.7. The summed E-state index contributed by atoms with van der Waals surface area (Å²) in [5.41, 5.74) is 4.06. The third-order valence-corrected chi connectivity index (χ3v) is 6.69. The summed E-state index contributed by atoms with van der Waals surface area (Å²) in [5.74, 6) is 0.631. The maximum absolute atomic E-state index is 12.6. The molecule has 0 saturated carbocycles. The summed E-state index contributed by atoms with van der Waals surface area (Å²) < 4.78 is 1.96. The van der Waals surface area contributed by atoms with Crippen LogP contribution in [-0.4, -0.2) is 32.5 Å². The molecule has 30 heavy (non-hydrogen) atoms. The van der Waals surface area contributed by atoms with E-state index in [4.69, 9.17) is 4.98 Å². The Morgan fingerprint density at radius 3 is 2.87 bits per heavy atom. The predicted molar refractivity (Wildman–Crippen MR) is 122 cm³/mol. The van der Waals surface area contributed by atoms with E-state index in [1.54, 1.807) is 17.7 Å². The highest BCUT2D eigenvalue weighted by atomic mass is 32.1. The number of benzene rings is 1. The van der Waals surface area contributed by atoms with Crippen molar-refractivity contribution in [1.29, 1.82) is 0 Å². The SMILES string of the molecule is CNc1nc2sc(-c3cccc(C(=O)NCc4cccs4)c3)nc2c2c1ncn2C. The van der Waals surface area contributed by atoms with E-state index >= 15 is 0 Å². The van der Waals surface area contributed by atoms with E-state index in [9.17, 15) is 4.79 Å². The normalized spacial score (nSPS) is 11.3. The molecule has 0 fully saturated rings. The second kappa shape index (κ2) is 7.51. The van der Waals surface area contributed by atoms with Crippen LogP contribution in [0.3, 0.4) is 0 Å². The Labute approximate surface area is 180 Å². The van der Waals surface area contributed by atoms with Crippen molar-refractivity contribution < 1.29 is 4.79 Å². The molecule has 0 spiro atoms. The third-order valence-electron chi connectivity index (χ3n) is 4.82. The zero-order valence-electron chi connectivity index (χ0n) is 16.3. The number of rotatable bonds is 5. The van der Waals surface area contributed by atoms with Crippen LogP contribution >= 0.6 is 22.7 Å².